The van der Waals surface area contributed by atoms with Crippen LogP contribution in [0.3, 0.4) is 0 Å². The highest BCUT2D eigenvalue weighted by Gasteiger charge is 2.15. The van der Waals surface area contributed by atoms with E-state index < -0.39 is 0 Å². The van der Waals surface area contributed by atoms with Crippen LogP contribution in [-0.2, 0) is 4.79 Å². The molecule has 0 fully saturated rings. The minimum absolute atomic E-state index is 0.108. The van der Waals surface area contributed by atoms with E-state index in [1.54, 1.807) is 18.3 Å². The maximum Gasteiger partial charge on any atom is 0.277 e. The van der Waals surface area contributed by atoms with Crippen LogP contribution in [0.5, 0.6) is 5.75 Å². The first-order valence-electron chi connectivity index (χ1n) is 8.60. The van der Waals surface area contributed by atoms with Crippen molar-refractivity contribution in [2.45, 2.75) is 13.8 Å². The van der Waals surface area contributed by atoms with Crippen molar-refractivity contribution in [1.82, 2.24) is 9.99 Å². The van der Waals surface area contributed by atoms with Gasteiger partial charge >= 0.3 is 0 Å². The number of aromatic nitrogens is 1. The molecule has 1 amide bonds. The van der Waals surface area contributed by atoms with Gasteiger partial charge in [0, 0.05) is 31.6 Å². The molecule has 5 nitrogen and oxygen atoms in total. The predicted molar refractivity (Wildman–Crippen MR) is 118 cm³/mol. The molecule has 0 bridgehead atoms. The van der Waals surface area contributed by atoms with E-state index in [-0.39, 0.29) is 12.5 Å². The number of nitrogens with one attached hydrogen (secondary N) is 1. The van der Waals surface area contributed by atoms with Crippen molar-refractivity contribution in [3.63, 3.8) is 0 Å². The number of ether oxygens (including phenoxy) is 1. The van der Waals surface area contributed by atoms with Crippen molar-refractivity contribution < 1.29 is 9.53 Å². The Morgan fingerprint density at radius 2 is 1.75 bits per heavy atom. The molecule has 1 heterocycles. The van der Waals surface area contributed by atoms with Gasteiger partial charge in [-0.3, -0.25) is 4.79 Å². The number of hydrazone groups is 1. The zero-order chi connectivity index (χ0) is 20.1. The molecule has 1 aromatic heterocycles. The summed E-state index contributed by atoms with van der Waals surface area (Å²) in [5.74, 6) is 0.295. The Labute approximate surface area is 180 Å². The third kappa shape index (κ3) is 4.72. The number of rotatable bonds is 6. The SMILES string of the molecule is Cc1c(Br)c(/C=N\NC(=O)COc2ccc(Br)cc2)c(C)n1-c1ccccc1. The molecule has 144 valence electrons. The summed E-state index contributed by atoms with van der Waals surface area (Å²) in [7, 11) is 0. The van der Waals surface area contributed by atoms with E-state index in [2.05, 4.69) is 59.1 Å². The van der Waals surface area contributed by atoms with E-state index in [1.165, 1.54) is 0 Å². The Balaban J connectivity index is 1.66. The standard InChI is InChI=1S/C21H19Br2N3O2/c1-14-19(21(23)15(2)26(14)17-6-4-3-5-7-17)12-24-25-20(27)13-28-18-10-8-16(22)9-11-18/h3-12H,13H2,1-2H3,(H,25,27)/b24-12-. The highest BCUT2D eigenvalue weighted by Crippen LogP contribution is 2.29. The van der Waals surface area contributed by atoms with Crippen LogP contribution in [0, 0.1) is 13.8 Å². The van der Waals surface area contributed by atoms with Crippen molar-refractivity contribution in [2.24, 2.45) is 5.10 Å². The fourth-order valence-corrected chi connectivity index (χ4v) is 3.65. The second kappa shape index (κ2) is 9.21. The Morgan fingerprint density at radius 3 is 2.43 bits per heavy atom. The molecule has 0 spiro atoms. The summed E-state index contributed by atoms with van der Waals surface area (Å²) in [4.78, 5) is 12.0. The zero-order valence-electron chi connectivity index (χ0n) is 15.4. The van der Waals surface area contributed by atoms with Crippen molar-refractivity contribution in [3.8, 4) is 11.4 Å². The van der Waals surface area contributed by atoms with Gasteiger partial charge in [-0.25, -0.2) is 5.43 Å². The Bertz CT molecular complexity index is 997. The molecule has 3 rings (SSSR count). The van der Waals surface area contributed by atoms with Gasteiger partial charge in [-0.1, -0.05) is 34.1 Å². The van der Waals surface area contributed by atoms with Crippen LogP contribution in [-0.4, -0.2) is 23.3 Å². The van der Waals surface area contributed by atoms with Gasteiger partial charge in [-0.05, 0) is 66.2 Å². The first-order chi connectivity index (χ1) is 13.5. The lowest BCUT2D eigenvalue weighted by Gasteiger charge is -2.08. The average Bonchev–Trinajstić information content (AvgIpc) is 2.91. The lowest BCUT2D eigenvalue weighted by molar-refractivity contribution is -0.123. The minimum atomic E-state index is -0.327. The van der Waals surface area contributed by atoms with Crippen LogP contribution < -0.4 is 10.2 Å². The Morgan fingerprint density at radius 1 is 1.07 bits per heavy atom. The minimum Gasteiger partial charge on any atom is -0.484 e. The van der Waals surface area contributed by atoms with Crippen LogP contribution in [0.25, 0.3) is 5.69 Å². The molecular formula is C21H19Br2N3O2. The molecule has 1 N–H and O–H groups in total. The molecule has 3 aromatic rings. The van der Waals surface area contributed by atoms with Crippen LogP contribution >= 0.6 is 31.9 Å². The topological polar surface area (TPSA) is 55.6 Å². The van der Waals surface area contributed by atoms with Gasteiger partial charge in [-0.2, -0.15) is 5.10 Å². The van der Waals surface area contributed by atoms with Gasteiger partial charge in [0.25, 0.3) is 5.91 Å². The lowest BCUT2D eigenvalue weighted by atomic mass is 10.2. The summed E-state index contributed by atoms with van der Waals surface area (Å²) in [6.07, 6.45) is 1.64. The van der Waals surface area contributed by atoms with Crippen molar-refractivity contribution >= 4 is 44.0 Å². The average molecular weight is 505 g/mol. The van der Waals surface area contributed by atoms with Crippen LogP contribution in [0.4, 0.5) is 0 Å². The molecule has 28 heavy (non-hydrogen) atoms. The molecule has 7 heteroatoms. The Kier molecular flexibility index (Phi) is 6.70. The monoisotopic (exact) mass is 503 g/mol. The third-order valence-electron chi connectivity index (χ3n) is 4.20. The molecule has 0 saturated carbocycles. The number of para-hydroxylation sites is 1. The van der Waals surface area contributed by atoms with Crippen molar-refractivity contribution in [2.75, 3.05) is 6.61 Å². The number of halogens is 2. The molecule has 0 atom stereocenters. The number of amides is 1. The largest absolute Gasteiger partial charge is 0.484 e. The van der Waals surface area contributed by atoms with Crippen LogP contribution in [0.1, 0.15) is 17.0 Å². The summed E-state index contributed by atoms with van der Waals surface area (Å²) in [6.45, 7) is 3.94. The maximum absolute atomic E-state index is 12.0. The van der Waals surface area contributed by atoms with E-state index in [1.807, 2.05) is 44.2 Å². The summed E-state index contributed by atoms with van der Waals surface area (Å²) < 4.78 is 9.47. The molecule has 0 unspecified atom stereocenters. The van der Waals surface area contributed by atoms with E-state index in [0.29, 0.717) is 5.75 Å². The fraction of sp³-hybridized carbons (Fsp3) is 0.143. The lowest BCUT2D eigenvalue weighted by Crippen LogP contribution is -2.24. The van der Waals surface area contributed by atoms with Crippen LogP contribution in [0.2, 0.25) is 0 Å². The first-order valence-corrected chi connectivity index (χ1v) is 10.2. The highest BCUT2D eigenvalue weighted by atomic mass is 79.9. The maximum atomic E-state index is 12.0. The number of benzene rings is 2. The summed E-state index contributed by atoms with van der Waals surface area (Å²) in [5.41, 5.74) is 6.58. The van der Waals surface area contributed by atoms with E-state index in [0.717, 1.165) is 31.6 Å². The summed E-state index contributed by atoms with van der Waals surface area (Å²) >= 11 is 6.99. The zero-order valence-corrected chi connectivity index (χ0v) is 18.6. The number of carbonyl (C=O) groups excluding carboxylic acids is 1. The molecule has 0 aliphatic carbocycles. The summed E-state index contributed by atoms with van der Waals surface area (Å²) in [5, 5.41) is 4.08. The van der Waals surface area contributed by atoms with Gasteiger partial charge < -0.3 is 9.30 Å². The number of hydrogen-bond acceptors (Lipinski definition) is 3. The first kappa shape index (κ1) is 20.4. The van der Waals surface area contributed by atoms with Gasteiger partial charge in [0.2, 0.25) is 0 Å². The quantitative estimate of drug-likeness (QED) is 0.373. The van der Waals surface area contributed by atoms with Gasteiger partial charge in [0.1, 0.15) is 5.75 Å². The number of hydrogen-bond donors (Lipinski definition) is 1. The summed E-state index contributed by atoms with van der Waals surface area (Å²) in [6, 6.07) is 17.4. The predicted octanol–water partition coefficient (Wildman–Crippen LogP) is 5.15. The van der Waals surface area contributed by atoms with E-state index in [4.69, 9.17) is 4.74 Å². The number of nitrogens with zero attached hydrogens (tertiary/aromatic N) is 2. The molecule has 0 aliphatic heterocycles. The van der Waals surface area contributed by atoms with Gasteiger partial charge in [-0.15, -0.1) is 0 Å². The smallest absolute Gasteiger partial charge is 0.277 e. The van der Waals surface area contributed by atoms with E-state index >= 15 is 0 Å². The molecule has 2 aromatic carbocycles. The molecular weight excluding hydrogens is 486 g/mol. The third-order valence-corrected chi connectivity index (χ3v) is 5.73. The second-order valence-corrected chi connectivity index (χ2v) is 7.81. The van der Waals surface area contributed by atoms with E-state index in [9.17, 15) is 4.79 Å². The highest BCUT2D eigenvalue weighted by molar-refractivity contribution is 9.10. The van der Waals surface area contributed by atoms with Crippen molar-refractivity contribution in [3.05, 3.63) is 80.5 Å². The van der Waals surface area contributed by atoms with Crippen LogP contribution in [0.15, 0.2) is 68.6 Å². The van der Waals surface area contributed by atoms with Gasteiger partial charge in [0.15, 0.2) is 6.61 Å². The molecule has 0 radical (unpaired) electrons. The fourth-order valence-electron chi connectivity index (χ4n) is 2.82. The van der Waals surface area contributed by atoms with Gasteiger partial charge in [0.05, 0.1) is 6.21 Å². The Hall–Kier alpha value is -2.38. The normalized spacial score (nSPS) is 11.0. The molecule has 0 saturated heterocycles. The second-order valence-electron chi connectivity index (χ2n) is 6.11. The molecule has 0 aliphatic rings. The number of carbonyl (C=O) groups is 1. The van der Waals surface area contributed by atoms with Crippen molar-refractivity contribution in [1.29, 1.82) is 0 Å².